The lowest BCUT2D eigenvalue weighted by Gasteiger charge is -2.42. The highest BCUT2D eigenvalue weighted by Crippen LogP contribution is 2.40. The quantitative estimate of drug-likeness (QED) is 0.503. The molecule has 0 spiro atoms. The number of fused-ring (bicyclic) bond motifs is 1. The van der Waals surface area contributed by atoms with Crippen LogP contribution in [0.1, 0.15) is 70.2 Å². The number of amides is 3. The Labute approximate surface area is 225 Å². The van der Waals surface area contributed by atoms with Crippen molar-refractivity contribution in [1.82, 2.24) is 15.1 Å². The number of hydrogen-bond donors (Lipinski definition) is 1. The molecule has 0 bridgehead atoms. The van der Waals surface area contributed by atoms with E-state index in [9.17, 15) is 19.2 Å². The molecule has 38 heavy (non-hydrogen) atoms. The van der Waals surface area contributed by atoms with Gasteiger partial charge in [0.2, 0.25) is 5.91 Å². The molecule has 2 aliphatic heterocycles. The molecule has 3 aliphatic rings. The van der Waals surface area contributed by atoms with Crippen LogP contribution in [0.3, 0.4) is 0 Å². The number of hydrogen-bond acceptors (Lipinski definition) is 6. The molecule has 1 aromatic carbocycles. The maximum absolute atomic E-state index is 13.8. The number of benzene rings is 1. The van der Waals surface area contributed by atoms with Crippen molar-refractivity contribution in [1.29, 1.82) is 0 Å². The predicted molar refractivity (Wildman–Crippen MR) is 145 cm³/mol. The van der Waals surface area contributed by atoms with Gasteiger partial charge in [-0.2, -0.15) is 0 Å². The summed E-state index contributed by atoms with van der Waals surface area (Å²) in [6, 6.07) is 5.64. The third kappa shape index (κ3) is 5.17. The topological polar surface area (TPSA) is 99.3 Å². The maximum atomic E-state index is 13.8. The Morgan fingerprint density at radius 2 is 1.76 bits per heavy atom. The Bertz CT molecular complexity index is 1040. The number of likely N-dealkylation sites (tertiary alicyclic amines) is 2. The van der Waals surface area contributed by atoms with Crippen LogP contribution in [-0.4, -0.2) is 90.3 Å². The summed E-state index contributed by atoms with van der Waals surface area (Å²) in [5.74, 6) is -0.673. The van der Waals surface area contributed by atoms with Gasteiger partial charge in [-0.3, -0.25) is 19.2 Å². The van der Waals surface area contributed by atoms with Crippen molar-refractivity contribution in [3.8, 4) is 0 Å². The van der Waals surface area contributed by atoms with Gasteiger partial charge in [-0.15, -0.1) is 0 Å². The first-order valence-corrected chi connectivity index (χ1v) is 14.0. The molecule has 2 heterocycles. The first-order valence-electron chi connectivity index (χ1n) is 14.0. The second-order valence-corrected chi connectivity index (χ2v) is 11.2. The van der Waals surface area contributed by atoms with Crippen molar-refractivity contribution >= 4 is 29.2 Å². The minimum Gasteiger partial charge on any atom is -0.372 e. The fraction of sp³-hybridized carbons (Fsp3) is 0.655. The summed E-state index contributed by atoms with van der Waals surface area (Å²) >= 11 is 0. The summed E-state index contributed by atoms with van der Waals surface area (Å²) in [6.45, 7) is 10.3. The maximum Gasteiger partial charge on any atom is 0.255 e. The van der Waals surface area contributed by atoms with Gasteiger partial charge in [-0.25, -0.2) is 0 Å². The van der Waals surface area contributed by atoms with Crippen LogP contribution in [0.2, 0.25) is 0 Å². The van der Waals surface area contributed by atoms with Crippen molar-refractivity contribution in [3.05, 3.63) is 29.8 Å². The summed E-state index contributed by atoms with van der Waals surface area (Å²) in [7, 11) is 1.55. The van der Waals surface area contributed by atoms with Gasteiger partial charge in [0.25, 0.3) is 11.8 Å². The SMILES string of the molecule is CCN(CC)c1ccc(C(=O)NC(CC(C)C)C(=O)N2CCC3C2C(=O)CN3C(=O)C2(OC)CCC2)cc1. The minimum absolute atomic E-state index is 0.00312. The lowest BCUT2D eigenvalue weighted by atomic mass is 9.78. The molecule has 1 saturated carbocycles. The molecule has 1 aliphatic carbocycles. The Kier molecular flexibility index (Phi) is 8.45. The van der Waals surface area contributed by atoms with Crippen molar-refractivity contribution < 1.29 is 23.9 Å². The van der Waals surface area contributed by atoms with Crippen LogP contribution in [0.5, 0.6) is 0 Å². The van der Waals surface area contributed by atoms with E-state index in [1.807, 2.05) is 26.0 Å². The lowest BCUT2D eigenvalue weighted by Crippen LogP contribution is -2.56. The van der Waals surface area contributed by atoms with Crippen molar-refractivity contribution in [2.75, 3.05) is 38.2 Å². The van der Waals surface area contributed by atoms with Crippen LogP contribution in [0.15, 0.2) is 24.3 Å². The van der Waals surface area contributed by atoms with Gasteiger partial charge in [0, 0.05) is 38.0 Å². The monoisotopic (exact) mass is 526 g/mol. The fourth-order valence-corrected chi connectivity index (χ4v) is 6.15. The van der Waals surface area contributed by atoms with Crippen LogP contribution in [0.25, 0.3) is 0 Å². The molecule has 9 nitrogen and oxygen atoms in total. The fourth-order valence-electron chi connectivity index (χ4n) is 6.15. The molecule has 3 unspecified atom stereocenters. The first kappa shape index (κ1) is 28.1. The number of ether oxygens (including phenoxy) is 1. The smallest absolute Gasteiger partial charge is 0.255 e. The molecule has 3 fully saturated rings. The van der Waals surface area contributed by atoms with Crippen LogP contribution >= 0.6 is 0 Å². The second kappa shape index (κ2) is 11.4. The van der Waals surface area contributed by atoms with E-state index >= 15 is 0 Å². The third-order valence-corrected chi connectivity index (χ3v) is 8.48. The van der Waals surface area contributed by atoms with Crippen LogP contribution in [0, 0.1) is 5.92 Å². The number of methoxy groups -OCH3 is 1. The standard InChI is InChI=1S/C29H42N4O5/c1-6-31(7-2)21-11-9-20(10-12-21)26(35)30-22(17-19(3)4)27(36)32-16-13-23-25(32)24(34)18-33(23)28(37)29(38-5)14-8-15-29/h9-12,19,22-23,25H,6-8,13-18H2,1-5H3,(H,30,35). The summed E-state index contributed by atoms with van der Waals surface area (Å²) in [5, 5.41) is 2.94. The van der Waals surface area contributed by atoms with Crippen LogP contribution < -0.4 is 10.2 Å². The summed E-state index contributed by atoms with van der Waals surface area (Å²) < 4.78 is 5.57. The number of Topliss-reactive ketones (excluding diaryl/α,β-unsaturated/α-hetero) is 1. The molecule has 1 aromatic rings. The average molecular weight is 527 g/mol. The number of rotatable bonds is 10. The van der Waals surface area contributed by atoms with E-state index < -0.39 is 17.7 Å². The molecule has 9 heteroatoms. The van der Waals surface area contributed by atoms with E-state index in [0.29, 0.717) is 37.8 Å². The number of carbonyl (C=O) groups excluding carboxylic acids is 4. The van der Waals surface area contributed by atoms with Gasteiger partial charge < -0.3 is 24.8 Å². The van der Waals surface area contributed by atoms with Crippen molar-refractivity contribution in [2.45, 2.75) is 83.5 Å². The van der Waals surface area contributed by atoms with Gasteiger partial charge in [-0.1, -0.05) is 13.8 Å². The first-order chi connectivity index (χ1) is 18.2. The van der Waals surface area contributed by atoms with Crippen molar-refractivity contribution in [3.63, 3.8) is 0 Å². The largest absolute Gasteiger partial charge is 0.372 e. The molecular formula is C29H42N4O5. The molecule has 208 valence electrons. The zero-order valence-electron chi connectivity index (χ0n) is 23.4. The van der Waals surface area contributed by atoms with Gasteiger partial charge in [0.1, 0.15) is 17.7 Å². The van der Waals surface area contributed by atoms with Crippen molar-refractivity contribution in [2.24, 2.45) is 5.92 Å². The lowest BCUT2D eigenvalue weighted by molar-refractivity contribution is -0.167. The van der Waals surface area contributed by atoms with Gasteiger partial charge in [-0.05, 0) is 76.1 Å². The summed E-state index contributed by atoms with van der Waals surface area (Å²) in [5.41, 5.74) is 0.697. The summed E-state index contributed by atoms with van der Waals surface area (Å²) in [4.78, 5) is 58.8. The zero-order valence-corrected chi connectivity index (χ0v) is 23.4. The molecule has 0 radical (unpaired) electrons. The average Bonchev–Trinajstić information content (AvgIpc) is 3.45. The van der Waals surface area contributed by atoms with E-state index in [0.717, 1.165) is 25.2 Å². The molecule has 3 atom stereocenters. The normalized spacial score (nSPS) is 22.7. The van der Waals surface area contributed by atoms with Crippen LogP contribution in [-0.2, 0) is 19.1 Å². The Balaban J connectivity index is 1.47. The van der Waals surface area contributed by atoms with E-state index in [2.05, 4.69) is 24.1 Å². The minimum atomic E-state index is -0.832. The van der Waals surface area contributed by atoms with E-state index in [1.165, 1.54) is 0 Å². The van der Waals surface area contributed by atoms with Gasteiger partial charge >= 0.3 is 0 Å². The zero-order chi connectivity index (χ0) is 27.6. The number of ketones is 1. The Hall–Kier alpha value is -2.94. The molecular weight excluding hydrogens is 484 g/mol. The van der Waals surface area contributed by atoms with E-state index in [-0.39, 0.29) is 42.0 Å². The number of nitrogens with one attached hydrogen (secondary N) is 1. The molecule has 3 amide bonds. The van der Waals surface area contributed by atoms with Gasteiger partial charge in [0.05, 0.1) is 12.6 Å². The van der Waals surface area contributed by atoms with E-state index in [4.69, 9.17) is 4.74 Å². The molecule has 2 saturated heterocycles. The molecule has 1 N–H and O–H groups in total. The second-order valence-electron chi connectivity index (χ2n) is 11.2. The van der Waals surface area contributed by atoms with Crippen LogP contribution in [0.4, 0.5) is 5.69 Å². The number of anilines is 1. The third-order valence-electron chi connectivity index (χ3n) is 8.48. The molecule has 4 rings (SSSR count). The summed E-state index contributed by atoms with van der Waals surface area (Å²) in [6.07, 6.45) is 3.24. The highest BCUT2D eigenvalue weighted by molar-refractivity contribution is 6.01. The highest BCUT2D eigenvalue weighted by atomic mass is 16.5. The highest BCUT2D eigenvalue weighted by Gasteiger charge is 2.56. The Morgan fingerprint density at radius 1 is 1.11 bits per heavy atom. The number of carbonyl (C=O) groups is 4. The van der Waals surface area contributed by atoms with Gasteiger partial charge in [0.15, 0.2) is 5.78 Å². The predicted octanol–water partition coefficient (Wildman–Crippen LogP) is 2.63. The molecule has 0 aromatic heterocycles. The Morgan fingerprint density at radius 3 is 2.29 bits per heavy atom. The van der Waals surface area contributed by atoms with E-state index in [1.54, 1.807) is 29.0 Å². The number of nitrogens with zero attached hydrogens (tertiary/aromatic N) is 3.